The molecule has 0 aliphatic carbocycles. The Hall–Kier alpha value is -2.72. The molecule has 0 spiro atoms. The molecule has 0 aliphatic rings. The van der Waals surface area contributed by atoms with Crippen LogP contribution in [0, 0.1) is 17.1 Å². The van der Waals surface area contributed by atoms with Crippen molar-refractivity contribution in [2.45, 2.75) is 17.3 Å². The van der Waals surface area contributed by atoms with Gasteiger partial charge in [-0.1, -0.05) is 22.6 Å². The minimum Gasteiger partial charge on any atom is -0.437 e. The molecular formula is C20H18FIN4O4S. The molecule has 0 aliphatic heterocycles. The van der Waals surface area contributed by atoms with Crippen molar-refractivity contribution in [1.82, 2.24) is 4.98 Å². The SMILES string of the molecule is CS(=O)(=O)N(CCCC#N)c1nc2oc(-c3ccc(F)cc3)c(C(N)=O)c2cc1CI. The van der Waals surface area contributed by atoms with Gasteiger partial charge in [0.25, 0.3) is 5.91 Å². The number of nitrogens with zero attached hydrogens (tertiary/aromatic N) is 3. The number of halogens is 2. The Labute approximate surface area is 192 Å². The van der Waals surface area contributed by atoms with Crippen molar-refractivity contribution in [2.24, 2.45) is 5.73 Å². The first-order chi connectivity index (χ1) is 14.7. The normalized spacial score (nSPS) is 11.4. The third-order valence-corrected chi connectivity index (χ3v) is 6.50. The van der Waals surface area contributed by atoms with Gasteiger partial charge in [0.1, 0.15) is 17.4 Å². The molecule has 162 valence electrons. The summed E-state index contributed by atoms with van der Waals surface area (Å²) in [6.45, 7) is 0.0722. The van der Waals surface area contributed by atoms with E-state index in [0.29, 0.717) is 27.4 Å². The van der Waals surface area contributed by atoms with E-state index in [9.17, 15) is 17.6 Å². The van der Waals surface area contributed by atoms with Gasteiger partial charge in [-0.05, 0) is 36.8 Å². The number of unbranched alkanes of at least 4 members (excludes halogenated alkanes) is 1. The highest BCUT2D eigenvalue weighted by molar-refractivity contribution is 14.1. The van der Waals surface area contributed by atoms with Crippen LogP contribution in [-0.4, -0.2) is 32.1 Å². The fourth-order valence-electron chi connectivity index (χ4n) is 3.15. The van der Waals surface area contributed by atoms with Crippen LogP contribution in [0.5, 0.6) is 0 Å². The number of benzene rings is 1. The molecule has 0 saturated heterocycles. The number of hydrogen-bond acceptors (Lipinski definition) is 6. The number of anilines is 1. The second-order valence-corrected chi connectivity index (χ2v) is 9.40. The van der Waals surface area contributed by atoms with Crippen molar-refractivity contribution < 1.29 is 22.0 Å². The number of primary amides is 1. The zero-order chi connectivity index (χ0) is 22.8. The van der Waals surface area contributed by atoms with Crippen LogP contribution in [0.15, 0.2) is 34.7 Å². The van der Waals surface area contributed by atoms with Gasteiger partial charge in [0.05, 0.1) is 23.3 Å². The molecule has 2 heterocycles. The van der Waals surface area contributed by atoms with Crippen LogP contribution < -0.4 is 10.0 Å². The summed E-state index contributed by atoms with van der Waals surface area (Å²) in [6, 6.07) is 8.97. The van der Waals surface area contributed by atoms with E-state index in [1.807, 2.05) is 6.07 Å². The van der Waals surface area contributed by atoms with Gasteiger partial charge in [0.15, 0.2) is 0 Å². The van der Waals surface area contributed by atoms with Gasteiger partial charge in [-0.15, -0.1) is 0 Å². The number of amides is 1. The average molecular weight is 556 g/mol. The molecule has 1 amide bonds. The van der Waals surface area contributed by atoms with E-state index in [4.69, 9.17) is 15.4 Å². The Morgan fingerprint density at radius 1 is 1.35 bits per heavy atom. The van der Waals surface area contributed by atoms with E-state index < -0.39 is 21.7 Å². The van der Waals surface area contributed by atoms with E-state index in [0.717, 1.165) is 10.6 Å². The number of alkyl halides is 1. The molecule has 1 aromatic carbocycles. The maximum absolute atomic E-state index is 13.3. The monoisotopic (exact) mass is 556 g/mol. The number of nitriles is 1. The van der Waals surface area contributed by atoms with E-state index in [1.54, 1.807) is 6.07 Å². The molecular weight excluding hydrogens is 538 g/mol. The fourth-order valence-corrected chi connectivity index (χ4v) is 4.64. The highest BCUT2D eigenvalue weighted by Gasteiger charge is 2.27. The van der Waals surface area contributed by atoms with Crippen molar-refractivity contribution in [2.75, 3.05) is 17.1 Å². The lowest BCUT2D eigenvalue weighted by molar-refractivity contribution is 0.100. The molecule has 2 N–H and O–H groups in total. The number of pyridine rings is 1. The van der Waals surface area contributed by atoms with Crippen molar-refractivity contribution in [1.29, 1.82) is 5.26 Å². The Balaban J connectivity index is 2.25. The summed E-state index contributed by atoms with van der Waals surface area (Å²) in [5.74, 6) is -0.907. The number of nitrogens with two attached hydrogens (primary N) is 1. The molecule has 11 heteroatoms. The Kier molecular flexibility index (Phi) is 6.80. The molecule has 3 rings (SSSR count). The summed E-state index contributed by atoms with van der Waals surface area (Å²) in [6.07, 6.45) is 1.58. The number of hydrogen-bond donors (Lipinski definition) is 1. The lowest BCUT2D eigenvalue weighted by Crippen LogP contribution is -2.32. The zero-order valence-electron chi connectivity index (χ0n) is 16.4. The van der Waals surface area contributed by atoms with Crippen LogP contribution in [0.25, 0.3) is 22.4 Å². The summed E-state index contributed by atoms with van der Waals surface area (Å²) in [7, 11) is -3.69. The standard InChI is InChI=1S/C20H18FIN4O4S/c1-31(28,29)26(9-3-2-8-23)19-13(11-22)10-15-16(18(24)27)17(30-20(15)25-19)12-4-6-14(21)7-5-12/h4-7,10H,2-3,9,11H2,1H3,(H2,24,27). The van der Waals surface area contributed by atoms with Crippen LogP contribution in [0.1, 0.15) is 28.8 Å². The molecule has 0 atom stereocenters. The summed E-state index contributed by atoms with van der Waals surface area (Å²) in [5, 5.41) is 9.13. The maximum atomic E-state index is 13.3. The van der Waals surface area contributed by atoms with Gasteiger partial charge in [-0.2, -0.15) is 10.2 Å². The zero-order valence-corrected chi connectivity index (χ0v) is 19.4. The summed E-state index contributed by atoms with van der Waals surface area (Å²) in [4.78, 5) is 16.6. The highest BCUT2D eigenvalue weighted by Crippen LogP contribution is 2.36. The number of aromatic nitrogens is 1. The Morgan fingerprint density at radius 3 is 2.58 bits per heavy atom. The smallest absolute Gasteiger partial charge is 0.253 e. The van der Waals surface area contributed by atoms with Gasteiger partial charge in [0.2, 0.25) is 15.7 Å². The van der Waals surface area contributed by atoms with Crippen molar-refractivity contribution in [3.63, 3.8) is 0 Å². The average Bonchev–Trinajstić information content (AvgIpc) is 3.08. The molecule has 0 saturated carbocycles. The molecule has 3 aromatic rings. The van der Waals surface area contributed by atoms with Gasteiger partial charge in [-0.3, -0.25) is 9.10 Å². The predicted molar refractivity (Wildman–Crippen MR) is 123 cm³/mol. The third-order valence-electron chi connectivity index (χ3n) is 4.52. The molecule has 0 fully saturated rings. The van der Waals surface area contributed by atoms with Crippen LogP contribution in [-0.2, 0) is 14.5 Å². The largest absolute Gasteiger partial charge is 0.437 e. The Bertz CT molecular complexity index is 1280. The first kappa shape index (κ1) is 23.0. The van der Waals surface area contributed by atoms with Gasteiger partial charge in [0, 0.05) is 28.5 Å². The van der Waals surface area contributed by atoms with E-state index in [-0.39, 0.29) is 35.8 Å². The fraction of sp³-hybridized carbons (Fsp3) is 0.250. The van der Waals surface area contributed by atoms with Gasteiger partial charge in [-0.25, -0.2) is 12.8 Å². The van der Waals surface area contributed by atoms with Gasteiger partial charge < -0.3 is 10.2 Å². The van der Waals surface area contributed by atoms with Crippen LogP contribution >= 0.6 is 22.6 Å². The van der Waals surface area contributed by atoms with Crippen molar-refractivity contribution in [3.05, 3.63) is 47.3 Å². The van der Waals surface area contributed by atoms with Crippen LogP contribution in [0.2, 0.25) is 0 Å². The molecule has 2 aromatic heterocycles. The first-order valence-corrected chi connectivity index (χ1v) is 12.5. The second kappa shape index (κ2) is 9.19. The predicted octanol–water partition coefficient (Wildman–Crippen LogP) is 3.74. The van der Waals surface area contributed by atoms with E-state index in [2.05, 4.69) is 27.6 Å². The van der Waals surface area contributed by atoms with E-state index >= 15 is 0 Å². The quantitative estimate of drug-likeness (QED) is 0.256. The maximum Gasteiger partial charge on any atom is 0.253 e. The molecule has 0 radical (unpaired) electrons. The lowest BCUT2D eigenvalue weighted by Gasteiger charge is -2.22. The minimum atomic E-state index is -3.69. The van der Waals surface area contributed by atoms with Crippen molar-refractivity contribution in [3.8, 4) is 17.4 Å². The van der Waals surface area contributed by atoms with Crippen LogP contribution in [0.3, 0.4) is 0 Å². The number of fused-ring (bicyclic) bond motifs is 1. The lowest BCUT2D eigenvalue weighted by atomic mass is 10.0. The van der Waals surface area contributed by atoms with Crippen molar-refractivity contribution >= 4 is 55.4 Å². The molecule has 8 nitrogen and oxygen atoms in total. The number of carbonyl (C=O) groups is 1. The summed E-state index contributed by atoms with van der Waals surface area (Å²) < 4.78 is 45.5. The third kappa shape index (κ3) is 4.80. The molecule has 0 bridgehead atoms. The number of rotatable bonds is 8. The summed E-state index contributed by atoms with van der Waals surface area (Å²) >= 11 is 2.07. The Morgan fingerprint density at radius 2 is 2.03 bits per heavy atom. The summed E-state index contributed by atoms with van der Waals surface area (Å²) in [5.41, 5.74) is 6.70. The van der Waals surface area contributed by atoms with Crippen LogP contribution in [0.4, 0.5) is 10.2 Å². The van der Waals surface area contributed by atoms with E-state index in [1.165, 1.54) is 24.3 Å². The second-order valence-electron chi connectivity index (χ2n) is 6.73. The topological polar surface area (TPSA) is 130 Å². The first-order valence-electron chi connectivity index (χ1n) is 9.10. The molecule has 31 heavy (non-hydrogen) atoms. The highest BCUT2D eigenvalue weighted by atomic mass is 127. The number of carbonyl (C=O) groups excluding carboxylic acids is 1. The number of sulfonamides is 1. The molecule has 0 unspecified atom stereocenters. The number of furan rings is 1. The minimum absolute atomic E-state index is 0.0330. The van der Waals surface area contributed by atoms with Gasteiger partial charge >= 0.3 is 0 Å².